The van der Waals surface area contributed by atoms with Gasteiger partial charge in [0.15, 0.2) is 5.82 Å². The van der Waals surface area contributed by atoms with Crippen LogP contribution in [0, 0.1) is 0 Å². The van der Waals surface area contributed by atoms with Crippen molar-refractivity contribution in [1.29, 1.82) is 0 Å². The third-order valence-electron chi connectivity index (χ3n) is 5.09. The molecule has 1 aliphatic heterocycles. The topological polar surface area (TPSA) is 77.1 Å². The summed E-state index contributed by atoms with van der Waals surface area (Å²) in [4.78, 5) is 24.1. The van der Waals surface area contributed by atoms with Gasteiger partial charge in [0.05, 0.1) is 18.6 Å². The quantitative estimate of drug-likeness (QED) is 0.628. The van der Waals surface area contributed by atoms with E-state index in [1.165, 1.54) is 5.56 Å². The molecule has 7 nitrogen and oxygen atoms in total. The summed E-state index contributed by atoms with van der Waals surface area (Å²) < 4.78 is 6.84. The van der Waals surface area contributed by atoms with Gasteiger partial charge in [-0.25, -0.2) is 4.98 Å². The average Bonchev–Trinajstić information content (AvgIpc) is 3.17. The number of hydrogen-bond donors (Lipinski definition) is 0. The van der Waals surface area contributed by atoms with Crippen molar-refractivity contribution in [2.45, 2.75) is 52.2 Å². The Bertz CT molecular complexity index is 980. The van der Waals surface area contributed by atoms with Gasteiger partial charge >= 0.3 is 0 Å². The fourth-order valence-corrected chi connectivity index (χ4v) is 3.54. The number of nitrogens with zero attached hydrogens (tertiary/aromatic N) is 5. The van der Waals surface area contributed by atoms with E-state index in [9.17, 15) is 4.79 Å². The Morgan fingerprint density at radius 1 is 1.18 bits per heavy atom. The molecule has 28 heavy (non-hydrogen) atoms. The molecular weight excluding hydrogens is 354 g/mol. The van der Waals surface area contributed by atoms with Crippen LogP contribution in [0.1, 0.15) is 48.3 Å². The van der Waals surface area contributed by atoms with Crippen molar-refractivity contribution in [2.75, 3.05) is 6.54 Å². The summed E-state index contributed by atoms with van der Waals surface area (Å²) in [7, 11) is 0. The number of rotatable bonds is 7. The predicted octanol–water partition coefficient (Wildman–Crippen LogP) is 2.58. The molecule has 1 aliphatic rings. The van der Waals surface area contributed by atoms with Crippen molar-refractivity contribution in [3.63, 3.8) is 0 Å². The van der Waals surface area contributed by atoms with Crippen molar-refractivity contribution in [3.8, 4) is 0 Å². The normalized spacial score (nSPS) is 14.2. The molecule has 0 fully saturated rings. The molecule has 0 bridgehead atoms. The molecule has 1 aromatic carbocycles. The van der Waals surface area contributed by atoms with E-state index in [1.54, 1.807) is 10.9 Å². The van der Waals surface area contributed by atoms with E-state index < -0.39 is 0 Å². The van der Waals surface area contributed by atoms with E-state index in [-0.39, 0.29) is 5.56 Å². The highest BCUT2D eigenvalue weighted by Gasteiger charge is 2.21. The molecular formula is C21H25N5O2. The van der Waals surface area contributed by atoms with Crippen molar-refractivity contribution in [2.24, 2.45) is 0 Å². The van der Waals surface area contributed by atoms with Crippen LogP contribution in [0.15, 0.2) is 46.0 Å². The van der Waals surface area contributed by atoms with Crippen LogP contribution < -0.4 is 5.56 Å². The number of unbranched alkanes of at least 4 members (excludes halogenated alkanes) is 1. The van der Waals surface area contributed by atoms with Gasteiger partial charge in [0.1, 0.15) is 0 Å². The van der Waals surface area contributed by atoms with E-state index in [0.717, 1.165) is 43.6 Å². The largest absolute Gasteiger partial charge is 0.339 e. The minimum absolute atomic E-state index is 0.00395. The minimum Gasteiger partial charge on any atom is -0.339 e. The van der Waals surface area contributed by atoms with Gasteiger partial charge in [-0.05, 0) is 18.4 Å². The third-order valence-corrected chi connectivity index (χ3v) is 5.09. The smallest absolute Gasteiger partial charge is 0.257 e. The lowest BCUT2D eigenvalue weighted by Crippen LogP contribution is -2.37. The lowest BCUT2D eigenvalue weighted by molar-refractivity contribution is 0.239. The van der Waals surface area contributed by atoms with Crippen LogP contribution in [0.25, 0.3) is 0 Å². The second-order valence-electron chi connectivity index (χ2n) is 7.26. The first kappa shape index (κ1) is 18.6. The maximum absolute atomic E-state index is 12.9. The zero-order chi connectivity index (χ0) is 19.3. The molecule has 146 valence electrons. The Hall–Kier alpha value is -2.80. The predicted molar refractivity (Wildman–Crippen MR) is 105 cm³/mol. The Labute approximate surface area is 164 Å². The van der Waals surface area contributed by atoms with Gasteiger partial charge in [0.25, 0.3) is 5.56 Å². The first-order valence-electron chi connectivity index (χ1n) is 9.88. The molecule has 0 N–H and O–H groups in total. The van der Waals surface area contributed by atoms with Crippen LogP contribution in [-0.4, -0.2) is 31.1 Å². The third kappa shape index (κ3) is 4.20. The zero-order valence-electron chi connectivity index (χ0n) is 16.2. The number of aromatic nitrogens is 4. The van der Waals surface area contributed by atoms with Gasteiger partial charge in [0, 0.05) is 31.6 Å². The minimum atomic E-state index is 0.00395. The maximum atomic E-state index is 12.9. The monoisotopic (exact) mass is 379 g/mol. The molecule has 0 saturated carbocycles. The molecule has 2 aromatic heterocycles. The van der Waals surface area contributed by atoms with Crippen molar-refractivity contribution in [1.82, 2.24) is 24.6 Å². The lowest BCUT2D eigenvalue weighted by Gasteiger charge is -2.27. The summed E-state index contributed by atoms with van der Waals surface area (Å²) in [5, 5.41) is 3.99. The van der Waals surface area contributed by atoms with E-state index in [1.807, 2.05) is 6.07 Å². The number of fused-ring (bicyclic) bond motifs is 1. The summed E-state index contributed by atoms with van der Waals surface area (Å²) in [5.74, 6) is 1.16. The highest BCUT2D eigenvalue weighted by Crippen LogP contribution is 2.16. The number of benzene rings is 1. The number of aryl methyl sites for hydroxylation is 1. The van der Waals surface area contributed by atoms with E-state index >= 15 is 0 Å². The highest BCUT2D eigenvalue weighted by atomic mass is 16.5. The zero-order valence-corrected chi connectivity index (χ0v) is 16.2. The van der Waals surface area contributed by atoms with Crippen LogP contribution in [0.2, 0.25) is 0 Å². The lowest BCUT2D eigenvalue weighted by atomic mass is 10.1. The summed E-state index contributed by atoms with van der Waals surface area (Å²) >= 11 is 0. The van der Waals surface area contributed by atoms with Gasteiger partial charge in [-0.1, -0.05) is 48.8 Å². The van der Waals surface area contributed by atoms with Gasteiger partial charge in [-0.2, -0.15) is 4.98 Å². The molecule has 0 saturated heterocycles. The summed E-state index contributed by atoms with van der Waals surface area (Å²) in [6.07, 6.45) is 5.19. The van der Waals surface area contributed by atoms with Crippen LogP contribution in [0.5, 0.6) is 0 Å². The standard InChI is InChI=1S/C21H25N5O2/c1-2-3-9-20-23-19(24-28-20)14-26-15-22-18-13-25(11-10-17(18)21(26)27)12-16-7-5-4-6-8-16/h4-8,15H,2-3,9-14H2,1H3. The van der Waals surface area contributed by atoms with Crippen LogP contribution in [-0.2, 0) is 32.5 Å². The fraction of sp³-hybridized carbons (Fsp3) is 0.429. The molecule has 0 amide bonds. The molecule has 4 rings (SSSR count). The first-order chi connectivity index (χ1) is 13.7. The van der Waals surface area contributed by atoms with Crippen LogP contribution in [0.4, 0.5) is 0 Å². The molecule has 0 aliphatic carbocycles. The van der Waals surface area contributed by atoms with Crippen molar-refractivity contribution in [3.05, 3.63) is 75.5 Å². The fourth-order valence-electron chi connectivity index (χ4n) is 3.54. The Kier molecular flexibility index (Phi) is 5.62. The van der Waals surface area contributed by atoms with Gasteiger partial charge in [-0.15, -0.1) is 0 Å². The molecule has 3 aromatic rings. The summed E-state index contributed by atoms with van der Waals surface area (Å²) in [5.41, 5.74) is 2.96. The molecule has 0 atom stereocenters. The van der Waals surface area contributed by atoms with Gasteiger partial charge < -0.3 is 4.52 Å². The summed E-state index contributed by atoms with van der Waals surface area (Å²) in [6, 6.07) is 10.4. The van der Waals surface area contributed by atoms with Gasteiger partial charge in [0.2, 0.25) is 5.89 Å². The number of hydrogen-bond acceptors (Lipinski definition) is 6. The van der Waals surface area contributed by atoms with E-state index in [2.05, 4.69) is 51.2 Å². The van der Waals surface area contributed by atoms with E-state index in [4.69, 9.17) is 4.52 Å². The van der Waals surface area contributed by atoms with Crippen LogP contribution >= 0.6 is 0 Å². The van der Waals surface area contributed by atoms with Crippen LogP contribution in [0.3, 0.4) is 0 Å². The molecule has 0 spiro atoms. The molecule has 0 unspecified atom stereocenters. The second-order valence-corrected chi connectivity index (χ2v) is 7.26. The van der Waals surface area contributed by atoms with E-state index in [0.29, 0.717) is 31.2 Å². The van der Waals surface area contributed by atoms with Crippen molar-refractivity contribution < 1.29 is 4.52 Å². The summed E-state index contributed by atoms with van der Waals surface area (Å²) in [6.45, 7) is 4.84. The highest BCUT2D eigenvalue weighted by molar-refractivity contribution is 5.21. The Morgan fingerprint density at radius 2 is 2.04 bits per heavy atom. The first-order valence-corrected chi connectivity index (χ1v) is 9.88. The second kappa shape index (κ2) is 8.48. The van der Waals surface area contributed by atoms with Crippen molar-refractivity contribution >= 4 is 0 Å². The Morgan fingerprint density at radius 3 is 2.86 bits per heavy atom. The molecule has 0 radical (unpaired) electrons. The SMILES string of the molecule is CCCCc1nc(Cn2cnc3c(c2=O)CCN(Cc2ccccc2)C3)no1. The van der Waals surface area contributed by atoms with Gasteiger partial charge in [-0.3, -0.25) is 14.3 Å². The molecule has 7 heteroatoms. The maximum Gasteiger partial charge on any atom is 0.257 e. The molecule has 3 heterocycles. The average molecular weight is 379 g/mol. The Balaban J connectivity index is 1.45.